The second-order valence-corrected chi connectivity index (χ2v) is 10.6. The van der Waals surface area contributed by atoms with Crippen molar-refractivity contribution in [3.05, 3.63) is 92.0 Å². The molecular formula is C30H28F6N4O6. The third kappa shape index (κ3) is 7.08. The average molecular weight is 655 g/mol. The second kappa shape index (κ2) is 13.2. The van der Waals surface area contributed by atoms with Crippen molar-refractivity contribution in [1.82, 2.24) is 19.1 Å². The summed E-state index contributed by atoms with van der Waals surface area (Å²) in [6.45, 7) is 0.596. The number of hydrogen-bond acceptors (Lipinski definition) is 8. The molecule has 0 radical (unpaired) electrons. The monoisotopic (exact) mass is 654 g/mol. The van der Waals surface area contributed by atoms with Gasteiger partial charge in [0.15, 0.2) is 12.0 Å². The molecule has 4 aromatic rings. The number of fused-ring (bicyclic) bond motifs is 1. The predicted molar refractivity (Wildman–Crippen MR) is 150 cm³/mol. The fourth-order valence-electron chi connectivity index (χ4n) is 5.05. The van der Waals surface area contributed by atoms with Gasteiger partial charge in [0.2, 0.25) is 0 Å². The molecule has 5 rings (SSSR count). The molecule has 0 spiro atoms. The topological polar surface area (TPSA) is 118 Å². The normalized spacial score (nSPS) is 16.5. The smallest absolute Gasteiger partial charge is 0.433 e. The molecule has 0 saturated carbocycles. The van der Waals surface area contributed by atoms with E-state index in [9.17, 15) is 41.0 Å². The van der Waals surface area contributed by atoms with E-state index in [2.05, 4.69) is 9.97 Å². The summed E-state index contributed by atoms with van der Waals surface area (Å²) in [4.78, 5) is 34.6. The van der Waals surface area contributed by atoms with Gasteiger partial charge in [-0.1, -0.05) is 12.1 Å². The molecule has 1 aliphatic rings. The van der Waals surface area contributed by atoms with Crippen LogP contribution in [0.3, 0.4) is 0 Å². The van der Waals surface area contributed by atoms with E-state index < -0.39 is 47.3 Å². The molecule has 0 bridgehead atoms. The molecule has 3 aromatic heterocycles. The Labute approximate surface area is 256 Å². The van der Waals surface area contributed by atoms with Crippen LogP contribution in [0.2, 0.25) is 0 Å². The van der Waals surface area contributed by atoms with Crippen LogP contribution >= 0.6 is 0 Å². The Morgan fingerprint density at radius 3 is 2.48 bits per heavy atom. The number of aliphatic hydroxyl groups is 1. The molecule has 1 N–H and O–H groups in total. The van der Waals surface area contributed by atoms with Crippen LogP contribution in [-0.4, -0.2) is 43.7 Å². The summed E-state index contributed by atoms with van der Waals surface area (Å²) in [5.41, 5.74) is -4.69. The summed E-state index contributed by atoms with van der Waals surface area (Å²) >= 11 is 0. The number of pyridine rings is 2. The zero-order valence-corrected chi connectivity index (χ0v) is 24.3. The van der Waals surface area contributed by atoms with Crippen LogP contribution in [0.5, 0.6) is 11.5 Å². The molecule has 1 fully saturated rings. The van der Waals surface area contributed by atoms with E-state index in [1.165, 1.54) is 13.1 Å². The van der Waals surface area contributed by atoms with E-state index in [4.69, 9.17) is 14.2 Å². The Morgan fingerprint density at radius 2 is 1.83 bits per heavy atom. The molecule has 1 aliphatic heterocycles. The highest BCUT2D eigenvalue weighted by atomic mass is 19.4. The van der Waals surface area contributed by atoms with Crippen molar-refractivity contribution < 1.29 is 45.7 Å². The van der Waals surface area contributed by atoms with Crippen LogP contribution in [0.1, 0.15) is 54.2 Å². The van der Waals surface area contributed by atoms with Gasteiger partial charge in [0.1, 0.15) is 23.2 Å². The molecule has 16 heteroatoms. The number of hydrogen-bond donors (Lipinski definition) is 1. The van der Waals surface area contributed by atoms with Gasteiger partial charge in [0.05, 0.1) is 23.8 Å². The van der Waals surface area contributed by atoms with Crippen molar-refractivity contribution in [1.29, 1.82) is 0 Å². The van der Waals surface area contributed by atoms with Gasteiger partial charge in [-0.25, -0.2) is 9.78 Å². The highest BCUT2D eigenvalue weighted by Crippen LogP contribution is 2.38. The molecule has 246 valence electrons. The van der Waals surface area contributed by atoms with Gasteiger partial charge >= 0.3 is 18.0 Å². The zero-order valence-electron chi connectivity index (χ0n) is 24.3. The molecule has 46 heavy (non-hydrogen) atoms. The number of halogens is 6. The summed E-state index contributed by atoms with van der Waals surface area (Å²) in [6.07, 6.45) is -7.24. The lowest BCUT2D eigenvalue weighted by atomic mass is 9.99. The van der Waals surface area contributed by atoms with Gasteiger partial charge in [0.25, 0.3) is 5.56 Å². The Balaban J connectivity index is 1.60. The van der Waals surface area contributed by atoms with Crippen molar-refractivity contribution in [3.8, 4) is 11.5 Å². The molecule has 2 atom stereocenters. The van der Waals surface area contributed by atoms with Crippen molar-refractivity contribution in [2.45, 2.75) is 57.0 Å². The van der Waals surface area contributed by atoms with Crippen molar-refractivity contribution >= 4 is 11.0 Å². The van der Waals surface area contributed by atoms with Crippen LogP contribution in [0.25, 0.3) is 11.0 Å². The predicted octanol–water partition coefficient (Wildman–Crippen LogP) is 5.34. The molecule has 0 amide bonds. The fourth-order valence-corrected chi connectivity index (χ4v) is 5.05. The lowest BCUT2D eigenvalue weighted by Gasteiger charge is -2.22. The number of benzene rings is 1. The number of aryl methyl sites for hydroxylation is 1. The van der Waals surface area contributed by atoms with Crippen LogP contribution < -0.4 is 16.0 Å². The maximum Gasteiger partial charge on any atom is 0.433 e. The lowest BCUT2D eigenvalue weighted by molar-refractivity contribution is -0.163. The summed E-state index contributed by atoms with van der Waals surface area (Å²) in [5, 5.41) is 11.1. The Bertz CT molecular complexity index is 1820. The first-order chi connectivity index (χ1) is 21.8. The number of nitrogens with zero attached hydrogens (tertiary/aromatic N) is 4. The molecule has 10 nitrogen and oxygen atoms in total. The fraction of sp³-hybridized carbons (Fsp3) is 0.400. The van der Waals surface area contributed by atoms with Crippen LogP contribution in [0.15, 0.2) is 58.4 Å². The maximum atomic E-state index is 13.9. The largest absolute Gasteiger partial charge is 0.455 e. The maximum absolute atomic E-state index is 13.9. The highest BCUT2D eigenvalue weighted by Gasteiger charge is 2.34. The standard InChI is InChI=1S/C30H28F6N4O6/c1-39-26-24(27(42)40(28(39)43)11-5-13-45-22-8-2-3-12-44-22)23(25(41)17-9-10-21(37-15-17)30(34,35)36)20(16-38-26)46-19-7-4-6-18(14-19)29(31,32)33/h4,6-7,9-10,14-16,22,25,41H,2-3,5,8,11-13H2,1H3. The van der Waals surface area contributed by atoms with E-state index in [0.29, 0.717) is 25.2 Å². The first-order valence-corrected chi connectivity index (χ1v) is 14.2. The highest BCUT2D eigenvalue weighted by molar-refractivity contribution is 5.81. The molecule has 1 saturated heterocycles. The number of alkyl halides is 6. The number of ether oxygens (including phenoxy) is 3. The Kier molecular flexibility index (Phi) is 9.51. The first kappa shape index (κ1) is 33.1. The molecule has 2 unspecified atom stereocenters. The van der Waals surface area contributed by atoms with E-state index >= 15 is 0 Å². The Hall–Kier alpha value is -4.28. The van der Waals surface area contributed by atoms with E-state index in [0.717, 1.165) is 52.6 Å². The van der Waals surface area contributed by atoms with Gasteiger partial charge in [0, 0.05) is 37.5 Å². The van der Waals surface area contributed by atoms with Crippen molar-refractivity contribution in [2.24, 2.45) is 7.05 Å². The number of rotatable bonds is 9. The van der Waals surface area contributed by atoms with E-state index in [1.807, 2.05) is 0 Å². The Morgan fingerprint density at radius 1 is 1.04 bits per heavy atom. The van der Waals surface area contributed by atoms with Gasteiger partial charge in [-0.15, -0.1) is 0 Å². The first-order valence-electron chi connectivity index (χ1n) is 14.2. The van der Waals surface area contributed by atoms with Crippen molar-refractivity contribution in [2.75, 3.05) is 13.2 Å². The van der Waals surface area contributed by atoms with Crippen LogP contribution in [-0.2, 0) is 35.4 Å². The third-order valence-electron chi connectivity index (χ3n) is 7.38. The van der Waals surface area contributed by atoms with Crippen LogP contribution in [0.4, 0.5) is 26.3 Å². The summed E-state index contributed by atoms with van der Waals surface area (Å²) in [5.74, 6) is -0.707. The van der Waals surface area contributed by atoms with E-state index in [1.54, 1.807) is 0 Å². The second-order valence-electron chi connectivity index (χ2n) is 10.6. The minimum Gasteiger partial charge on any atom is -0.455 e. The number of aromatic nitrogens is 4. The molecule has 0 aliphatic carbocycles. The lowest BCUT2D eigenvalue weighted by Crippen LogP contribution is -2.40. The molecule has 1 aromatic carbocycles. The van der Waals surface area contributed by atoms with Crippen LogP contribution in [0, 0.1) is 0 Å². The van der Waals surface area contributed by atoms with Gasteiger partial charge in [-0.3, -0.25) is 18.9 Å². The summed E-state index contributed by atoms with van der Waals surface area (Å²) in [7, 11) is 1.32. The van der Waals surface area contributed by atoms with Gasteiger partial charge < -0.3 is 19.3 Å². The zero-order chi connectivity index (χ0) is 33.2. The summed E-state index contributed by atoms with van der Waals surface area (Å²) in [6, 6.07) is 5.35. The quantitative estimate of drug-likeness (QED) is 0.190. The minimum absolute atomic E-state index is 0.121. The van der Waals surface area contributed by atoms with Gasteiger partial charge in [-0.05, 0) is 49.9 Å². The molecule has 4 heterocycles. The summed E-state index contributed by atoms with van der Waals surface area (Å²) < 4.78 is 98.5. The SMILES string of the molecule is Cn1c(=O)n(CCCOC2CCCCO2)c(=O)c2c(C(O)c3ccc(C(F)(F)F)nc3)c(Oc3cccc(C(F)(F)F)c3)cnc21. The number of aliphatic hydroxyl groups excluding tert-OH is 1. The van der Waals surface area contributed by atoms with E-state index in [-0.39, 0.29) is 53.2 Å². The van der Waals surface area contributed by atoms with Crippen molar-refractivity contribution in [3.63, 3.8) is 0 Å². The molecular weight excluding hydrogens is 626 g/mol. The minimum atomic E-state index is -4.77. The average Bonchev–Trinajstić information content (AvgIpc) is 3.02. The van der Waals surface area contributed by atoms with Gasteiger partial charge in [-0.2, -0.15) is 26.3 Å². The third-order valence-corrected chi connectivity index (χ3v) is 7.38.